The minimum Gasteiger partial charge on any atom is -0.378 e. The minimum atomic E-state index is -0.310. The van der Waals surface area contributed by atoms with Gasteiger partial charge in [-0.2, -0.15) is 0 Å². The minimum absolute atomic E-state index is 0.0687. The van der Waals surface area contributed by atoms with E-state index in [0.717, 1.165) is 57.3 Å². The van der Waals surface area contributed by atoms with Crippen LogP contribution in [0.15, 0.2) is 18.5 Å². The van der Waals surface area contributed by atoms with Crippen molar-refractivity contribution < 1.29 is 9.90 Å². The van der Waals surface area contributed by atoms with Crippen LogP contribution in [0, 0.1) is 23.2 Å². The van der Waals surface area contributed by atoms with Crippen LogP contribution in [0.1, 0.15) is 70.4 Å². The molecule has 0 bridgehead atoms. The zero-order valence-corrected chi connectivity index (χ0v) is 19.5. The number of aromatic nitrogens is 1. The molecule has 0 aromatic carbocycles. The topological polar surface area (TPSA) is 80.5 Å². The van der Waals surface area contributed by atoms with Gasteiger partial charge in [0.15, 0.2) is 0 Å². The quantitative estimate of drug-likeness (QED) is 0.585. The molecule has 1 amide bonds. The summed E-state index contributed by atoms with van der Waals surface area (Å²) in [6, 6.07) is 2.04. The molecule has 0 radical (unpaired) electrons. The van der Waals surface area contributed by atoms with Gasteiger partial charge in [0.25, 0.3) is 0 Å². The van der Waals surface area contributed by atoms with E-state index in [-0.39, 0.29) is 18.6 Å². The van der Waals surface area contributed by atoms with Crippen molar-refractivity contribution in [2.24, 2.45) is 17.8 Å². The Morgan fingerprint density at radius 2 is 1.97 bits per heavy atom. The molecule has 1 fully saturated rings. The zero-order chi connectivity index (χ0) is 22.4. The monoisotopic (exact) mass is 428 g/mol. The molecule has 1 aromatic rings. The molecule has 0 spiro atoms. The van der Waals surface area contributed by atoms with Gasteiger partial charge in [0, 0.05) is 44.3 Å². The third kappa shape index (κ3) is 7.11. The lowest BCUT2D eigenvalue weighted by atomic mass is 9.85. The van der Waals surface area contributed by atoms with Gasteiger partial charge < -0.3 is 15.4 Å². The van der Waals surface area contributed by atoms with Crippen molar-refractivity contribution in [1.82, 2.24) is 14.8 Å². The van der Waals surface area contributed by atoms with Gasteiger partial charge in [0.05, 0.1) is 6.42 Å². The molecule has 2 unspecified atom stereocenters. The number of hydrogen-bond acceptors (Lipinski definition) is 5. The Hall–Kier alpha value is -1.79. The number of fused-ring (bicyclic) bond motifs is 1. The SMILES string of the molecule is CC(C)CC(O)N1CCC(CC(C)CC(=N)CC(=O)N2CCc3ccncc3C2)CC1. The summed E-state index contributed by atoms with van der Waals surface area (Å²) in [7, 11) is 0. The van der Waals surface area contributed by atoms with Gasteiger partial charge in [-0.3, -0.25) is 14.7 Å². The highest BCUT2D eigenvalue weighted by atomic mass is 16.3. The summed E-state index contributed by atoms with van der Waals surface area (Å²) in [5.41, 5.74) is 2.97. The molecule has 1 aromatic heterocycles. The maximum absolute atomic E-state index is 12.7. The summed E-state index contributed by atoms with van der Waals surface area (Å²) < 4.78 is 0. The standard InChI is InChI=1S/C25H40N4O2/c1-18(2)12-24(30)28-9-5-20(6-10-28)13-19(3)14-23(26)15-25(31)29-11-7-21-4-8-27-16-22(21)17-29/h4,8,16,18-20,24,26,30H,5-7,9-15,17H2,1-3H3. The first-order chi connectivity index (χ1) is 14.8. The first kappa shape index (κ1) is 23.9. The van der Waals surface area contributed by atoms with Crippen LogP contribution in [0.5, 0.6) is 0 Å². The summed E-state index contributed by atoms with van der Waals surface area (Å²) in [5.74, 6) is 1.66. The summed E-state index contributed by atoms with van der Waals surface area (Å²) >= 11 is 0. The van der Waals surface area contributed by atoms with Crippen LogP contribution in [-0.4, -0.2) is 57.4 Å². The Morgan fingerprint density at radius 3 is 2.68 bits per heavy atom. The lowest BCUT2D eigenvalue weighted by molar-refractivity contribution is -0.130. The average Bonchev–Trinajstić information content (AvgIpc) is 2.73. The molecule has 2 aliphatic heterocycles. The third-order valence-corrected chi connectivity index (χ3v) is 6.82. The fraction of sp³-hybridized carbons (Fsp3) is 0.720. The van der Waals surface area contributed by atoms with Gasteiger partial charge in [-0.25, -0.2) is 0 Å². The molecule has 2 aliphatic rings. The van der Waals surface area contributed by atoms with E-state index in [4.69, 9.17) is 5.41 Å². The van der Waals surface area contributed by atoms with Gasteiger partial charge in [-0.15, -0.1) is 0 Å². The number of nitrogens with one attached hydrogen (secondary N) is 1. The number of aliphatic hydroxyl groups excluding tert-OH is 1. The van der Waals surface area contributed by atoms with Crippen LogP contribution in [0.25, 0.3) is 0 Å². The van der Waals surface area contributed by atoms with Crippen molar-refractivity contribution in [3.05, 3.63) is 29.6 Å². The first-order valence-corrected chi connectivity index (χ1v) is 12.0. The largest absolute Gasteiger partial charge is 0.378 e. The Kier molecular flexibility index (Phi) is 8.61. The van der Waals surface area contributed by atoms with Crippen molar-refractivity contribution in [3.8, 4) is 0 Å². The van der Waals surface area contributed by atoms with Crippen LogP contribution >= 0.6 is 0 Å². The molecule has 2 N–H and O–H groups in total. The number of amides is 1. The lowest BCUT2D eigenvalue weighted by Crippen LogP contribution is -2.42. The molecule has 3 rings (SSSR count). The second-order valence-electron chi connectivity index (χ2n) is 10.1. The number of aliphatic hydroxyl groups is 1. The number of nitrogens with zero attached hydrogens (tertiary/aromatic N) is 3. The third-order valence-electron chi connectivity index (χ3n) is 6.82. The van der Waals surface area contributed by atoms with Crippen molar-refractivity contribution in [1.29, 1.82) is 5.41 Å². The van der Waals surface area contributed by atoms with E-state index < -0.39 is 0 Å². The number of rotatable bonds is 9. The van der Waals surface area contributed by atoms with Crippen LogP contribution < -0.4 is 0 Å². The van der Waals surface area contributed by atoms with Crippen LogP contribution in [0.3, 0.4) is 0 Å². The first-order valence-electron chi connectivity index (χ1n) is 12.0. The summed E-state index contributed by atoms with van der Waals surface area (Å²) in [5, 5.41) is 18.7. The van der Waals surface area contributed by atoms with E-state index in [9.17, 15) is 9.90 Å². The lowest BCUT2D eigenvalue weighted by Gasteiger charge is -2.36. The Morgan fingerprint density at radius 1 is 1.23 bits per heavy atom. The normalized spacial score (nSPS) is 19.8. The zero-order valence-electron chi connectivity index (χ0n) is 19.5. The predicted octanol–water partition coefficient (Wildman–Crippen LogP) is 3.87. The molecule has 0 saturated carbocycles. The van der Waals surface area contributed by atoms with E-state index in [1.807, 2.05) is 23.4 Å². The number of piperidine rings is 1. The highest BCUT2D eigenvalue weighted by molar-refractivity contribution is 5.99. The summed E-state index contributed by atoms with van der Waals surface area (Å²) in [4.78, 5) is 21.0. The molecule has 6 nitrogen and oxygen atoms in total. The van der Waals surface area contributed by atoms with E-state index in [2.05, 4.69) is 30.7 Å². The Labute approximate surface area is 187 Å². The number of hydrogen-bond donors (Lipinski definition) is 2. The molecule has 1 saturated heterocycles. The Bertz CT molecular complexity index is 743. The van der Waals surface area contributed by atoms with Crippen molar-refractivity contribution in [3.63, 3.8) is 0 Å². The fourth-order valence-electron chi connectivity index (χ4n) is 5.09. The van der Waals surface area contributed by atoms with Crippen molar-refractivity contribution >= 4 is 11.6 Å². The molecule has 2 atom stereocenters. The predicted molar refractivity (Wildman–Crippen MR) is 124 cm³/mol. The molecular weight excluding hydrogens is 388 g/mol. The average molecular weight is 429 g/mol. The van der Waals surface area contributed by atoms with Crippen LogP contribution in [0.2, 0.25) is 0 Å². The van der Waals surface area contributed by atoms with E-state index in [1.165, 1.54) is 5.56 Å². The van der Waals surface area contributed by atoms with Gasteiger partial charge in [-0.1, -0.05) is 20.8 Å². The second-order valence-corrected chi connectivity index (χ2v) is 10.1. The van der Waals surface area contributed by atoms with Crippen LogP contribution in [0.4, 0.5) is 0 Å². The number of carbonyl (C=O) groups is 1. The number of pyridine rings is 1. The van der Waals surface area contributed by atoms with Gasteiger partial charge in [-0.05, 0) is 73.5 Å². The maximum Gasteiger partial charge on any atom is 0.228 e. The Balaban J connectivity index is 1.37. The fourth-order valence-corrected chi connectivity index (χ4v) is 5.09. The molecule has 172 valence electrons. The van der Waals surface area contributed by atoms with E-state index in [0.29, 0.717) is 36.4 Å². The van der Waals surface area contributed by atoms with E-state index in [1.54, 1.807) is 0 Å². The second kappa shape index (κ2) is 11.2. The summed E-state index contributed by atoms with van der Waals surface area (Å²) in [6.45, 7) is 9.80. The molecule has 6 heteroatoms. The van der Waals surface area contributed by atoms with Gasteiger partial charge >= 0.3 is 0 Å². The van der Waals surface area contributed by atoms with Crippen molar-refractivity contribution in [2.75, 3.05) is 19.6 Å². The number of carbonyl (C=O) groups excluding carboxylic acids is 1. The van der Waals surface area contributed by atoms with Gasteiger partial charge in [0.1, 0.15) is 6.23 Å². The van der Waals surface area contributed by atoms with Crippen LogP contribution in [-0.2, 0) is 17.8 Å². The molecule has 3 heterocycles. The highest BCUT2D eigenvalue weighted by Crippen LogP contribution is 2.28. The van der Waals surface area contributed by atoms with Gasteiger partial charge in [0.2, 0.25) is 5.91 Å². The molecular formula is C25H40N4O2. The smallest absolute Gasteiger partial charge is 0.228 e. The highest BCUT2D eigenvalue weighted by Gasteiger charge is 2.26. The molecule has 0 aliphatic carbocycles. The summed E-state index contributed by atoms with van der Waals surface area (Å²) in [6.07, 6.45) is 9.35. The van der Waals surface area contributed by atoms with Crippen molar-refractivity contribution in [2.45, 2.75) is 78.5 Å². The van der Waals surface area contributed by atoms with E-state index >= 15 is 0 Å². The number of likely N-dealkylation sites (tertiary alicyclic amines) is 1. The maximum atomic E-state index is 12.7. The molecule has 31 heavy (non-hydrogen) atoms.